The molecule has 1 aliphatic carbocycles. The number of allylic oxidation sites excluding steroid dienone is 1. The van der Waals surface area contributed by atoms with Crippen molar-refractivity contribution in [3.05, 3.63) is 58.1 Å². The van der Waals surface area contributed by atoms with Crippen LogP contribution in [0.2, 0.25) is 0 Å². The molecule has 31 heavy (non-hydrogen) atoms. The molecule has 2 aromatic carbocycles. The number of carboxylic acid groups (broad SMARTS) is 1. The molecule has 2 aromatic rings. The van der Waals surface area contributed by atoms with E-state index < -0.39 is 5.97 Å². The summed E-state index contributed by atoms with van der Waals surface area (Å²) in [6.07, 6.45) is 5.09. The molecule has 0 heterocycles. The highest BCUT2D eigenvalue weighted by molar-refractivity contribution is 5.89. The van der Waals surface area contributed by atoms with E-state index in [1.807, 2.05) is 12.1 Å². The van der Waals surface area contributed by atoms with Gasteiger partial charge in [0.1, 0.15) is 11.5 Å². The maximum Gasteiger partial charge on any atom is 0.335 e. The molecule has 3 rings (SSSR count). The summed E-state index contributed by atoms with van der Waals surface area (Å²) in [5.74, 6) is 0.908. The maximum atomic E-state index is 11.2. The Labute approximate surface area is 185 Å². The van der Waals surface area contributed by atoms with Crippen molar-refractivity contribution in [1.29, 1.82) is 0 Å². The lowest BCUT2D eigenvalue weighted by molar-refractivity contribution is 0.0697. The number of methoxy groups -OCH3 is 2. The monoisotopic (exact) mass is 422 g/mol. The second kappa shape index (κ2) is 8.41. The number of aromatic carboxylic acids is 1. The van der Waals surface area contributed by atoms with Gasteiger partial charge in [0.2, 0.25) is 0 Å². The van der Waals surface area contributed by atoms with Crippen LogP contribution in [-0.2, 0) is 10.8 Å². The summed E-state index contributed by atoms with van der Waals surface area (Å²) in [7, 11) is 3.49. The number of carbonyl (C=O) groups is 1. The predicted molar refractivity (Wildman–Crippen MR) is 126 cm³/mol. The van der Waals surface area contributed by atoms with E-state index in [9.17, 15) is 4.79 Å². The van der Waals surface area contributed by atoms with Gasteiger partial charge in [0, 0.05) is 16.7 Å². The lowest BCUT2D eigenvalue weighted by Crippen LogP contribution is -2.35. The molecule has 0 saturated carbocycles. The quantitative estimate of drug-likeness (QED) is 0.526. The topological polar surface area (TPSA) is 55.8 Å². The van der Waals surface area contributed by atoms with E-state index in [0.29, 0.717) is 0 Å². The van der Waals surface area contributed by atoms with Crippen molar-refractivity contribution < 1.29 is 19.4 Å². The zero-order chi connectivity index (χ0) is 23.0. The molecule has 0 amide bonds. The number of hydrogen-bond donors (Lipinski definition) is 1. The van der Waals surface area contributed by atoms with Crippen LogP contribution in [0, 0.1) is 0 Å². The molecule has 0 unspecified atom stereocenters. The molecule has 1 aliphatic rings. The number of fused-ring (bicyclic) bond motifs is 1. The molecule has 1 N–H and O–H groups in total. The second-order valence-electron chi connectivity index (χ2n) is 9.63. The fourth-order valence-electron chi connectivity index (χ4n) is 4.74. The van der Waals surface area contributed by atoms with Gasteiger partial charge >= 0.3 is 5.97 Å². The van der Waals surface area contributed by atoms with Gasteiger partial charge in [0.25, 0.3) is 0 Å². The average molecular weight is 423 g/mol. The highest BCUT2D eigenvalue weighted by atomic mass is 16.5. The van der Waals surface area contributed by atoms with Crippen LogP contribution >= 0.6 is 0 Å². The summed E-state index contributed by atoms with van der Waals surface area (Å²) in [5, 5.41) is 9.17. The molecule has 0 atom stereocenters. The highest BCUT2D eigenvalue weighted by Crippen LogP contribution is 2.55. The van der Waals surface area contributed by atoms with Crippen molar-refractivity contribution >= 4 is 17.6 Å². The molecule has 0 fully saturated rings. The molecule has 4 heteroatoms. The third-order valence-corrected chi connectivity index (χ3v) is 6.62. The molecule has 0 aliphatic heterocycles. The molecule has 0 aromatic heterocycles. The summed E-state index contributed by atoms with van der Waals surface area (Å²) in [6.45, 7) is 11.3. The largest absolute Gasteiger partial charge is 0.496 e. The van der Waals surface area contributed by atoms with E-state index in [1.54, 1.807) is 26.4 Å². The van der Waals surface area contributed by atoms with Crippen LogP contribution in [0.15, 0.2) is 30.3 Å². The summed E-state index contributed by atoms with van der Waals surface area (Å²) in [6, 6.07) is 9.07. The highest BCUT2D eigenvalue weighted by Gasteiger charge is 2.42. The summed E-state index contributed by atoms with van der Waals surface area (Å²) in [4.78, 5) is 11.2. The number of rotatable bonds is 6. The first kappa shape index (κ1) is 22.9. The number of benzene rings is 2. The molecule has 0 bridgehead atoms. The van der Waals surface area contributed by atoms with Gasteiger partial charge in [-0.1, -0.05) is 52.8 Å². The summed E-state index contributed by atoms with van der Waals surface area (Å²) in [5.41, 5.74) is 5.86. The van der Waals surface area contributed by atoms with Gasteiger partial charge in [0.05, 0.1) is 19.8 Å². The molecule has 0 spiro atoms. The SMILES string of the molecule is CCC(=Cc1ccc(C(=O)O)cc1)c1cc(OC)c2c(c1OC)C(C)(C)CCC2(C)C. The minimum Gasteiger partial charge on any atom is -0.496 e. The first-order chi connectivity index (χ1) is 14.6. The lowest BCUT2D eigenvalue weighted by atomic mass is 9.62. The minimum absolute atomic E-state index is 0.00472. The third kappa shape index (κ3) is 4.21. The fourth-order valence-corrected chi connectivity index (χ4v) is 4.74. The van der Waals surface area contributed by atoms with Crippen LogP contribution in [0.5, 0.6) is 11.5 Å². The first-order valence-corrected chi connectivity index (χ1v) is 10.9. The minimum atomic E-state index is -0.919. The third-order valence-electron chi connectivity index (χ3n) is 6.62. The van der Waals surface area contributed by atoms with Crippen LogP contribution in [0.25, 0.3) is 11.6 Å². The lowest BCUT2D eigenvalue weighted by Gasteiger charge is -2.43. The Kier molecular flexibility index (Phi) is 6.22. The van der Waals surface area contributed by atoms with Gasteiger partial charge in [-0.3, -0.25) is 0 Å². The first-order valence-electron chi connectivity index (χ1n) is 10.9. The van der Waals surface area contributed by atoms with Crippen molar-refractivity contribution in [3.63, 3.8) is 0 Å². The normalized spacial score (nSPS) is 17.1. The Bertz CT molecular complexity index is 1010. The van der Waals surface area contributed by atoms with Crippen molar-refractivity contribution in [1.82, 2.24) is 0 Å². The van der Waals surface area contributed by atoms with Crippen molar-refractivity contribution in [2.24, 2.45) is 0 Å². The molecular formula is C27H34O4. The summed E-state index contributed by atoms with van der Waals surface area (Å²) >= 11 is 0. The van der Waals surface area contributed by atoms with Gasteiger partial charge < -0.3 is 14.6 Å². The van der Waals surface area contributed by atoms with Crippen LogP contribution in [0.1, 0.15) is 86.5 Å². The Morgan fingerprint density at radius 1 is 1.00 bits per heavy atom. The van der Waals surface area contributed by atoms with Gasteiger partial charge in [-0.15, -0.1) is 0 Å². The van der Waals surface area contributed by atoms with E-state index >= 15 is 0 Å². The number of hydrogen-bond acceptors (Lipinski definition) is 3. The molecule has 4 nitrogen and oxygen atoms in total. The zero-order valence-corrected chi connectivity index (χ0v) is 19.8. The van der Waals surface area contributed by atoms with E-state index in [0.717, 1.165) is 47.5 Å². The van der Waals surface area contributed by atoms with Crippen LogP contribution in [0.3, 0.4) is 0 Å². The van der Waals surface area contributed by atoms with Crippen LogP contribution < -0.4 is 9.47 Å². The Morgan fingerprint density at radius 3 is 2.06 bits per heavy atom. The van der Waals surface area contributed by atoms with Gasteiger partial charge in [-0.2, -0.15) is 0 Å². The fraction of sp³-hybridized carbons (Fsp3) is 0.444. The predicted octanol–water partition coefficient (Wildman–Crippen LogP) is 6.70. The average Bonchev–Trinajstić information content (AvgIpc) is 2.74. The molecular weight excluding hydrogens is 388 g/mol. The smallest absolute Gasteiger partial charge is 0.335 e. The van der Waals surface area contributed by atoms with Crippen molar-refractivity contribution in [3.8, 4) is 11.5 Å². The summed E-state index contributed by atoms with van der Waals surface area (Å²) < 4.78 is 12.0. The van der Waals surface area contributed by atoms with Crippen molar-refractivity contribution in [2.75, 3.05) is 14.2 Å². The van der Waals surface area contributed by atoms with E-state index in [4.69, 9.17) is 14.6 Å². The van der Waals surface area contributed by atoms with Crippen molar-refractivity contribution in [2.45, 2.75) is 64.7 Å². The Balaban J connectivity index is 2.26. The van der Waals surface area contributed by atoms with Gasteiger partial charge in [-0.05, 0) is 59.4 Å². The standard InChI is InChI=1S/C27H34O4/c1-8-18(15-17-9-11-19(12-10-17)25(28)29)20-16-21(30-6)22-23(24(20)31-7)27(4,5)14-13-26(22,2)3/h9-12,15-16H,8,13-14H2,1-7H3,(H,28,29). The Morgan fingerprint density at radius 2 is 1.58 bits per heavy atom. The van der Waals surface area contributed by atoms with E-state index in [-0.39, 0.29) is 16.4 Å². The van der Waals surface area contributed by atoms with Gasteiger partial charge in [0.15, 0.2) is 0 Å². The van der Waals surface area contributed by atoms with Crippen LogP contribution in [-0.4, -0.2) is 25.3 Å². The van der Waals surface area contributed by atoms with E-state index in [1.165, 1.54) is 11.1 Å². The zero-order valence-electron chi connectivity index (χ0n) is 19.8. The van der Waals surface area contributed by atoms with Crippen LogP contribution in [0.4, 0.5) is 0 Å². The number of carboxylic acids is 1. The van der Waals surface area contributed by atoms with Gasteiger partial charge in [-0.25, -0.2) is 4.79 Å². The molecule has 0 saturated heterocycles. The van der Waals surface area contributed by atoms with E-state index in [2.05, 4.69) is 46.8 Å². The second-order valence-corrected chi connectivity index (χ2v) is 9.63. The number of ether oxygens (including phenoxy) is 2. The Hall–Kier alpha value is -2.75. The molecule has 166 valence electrons. The maximum absolute atomic E-state index is 11.2. The molecule has 0 radical (unpaired) electrons.